The summed E-state index contributed by atoms with van der Waals surface area (Å²) in [6, 6.07) is 11.7. The number of carboxylic acid groups (broad SMARTS) is 1. The first-order chi connectivity index (χ1) is 13.8. The molecule has 2 aromatic carbocycles. The first-order valence-corrected chi connectivity index (χ1v) is 11.2. The predicted octanol–water partition coefficient (Wildman–Crippen LogP) is 5.29. The maximum Gasteiger partial charge on any atom is 0.339 e. The highest BCUT2D eigenvalue weighted by atomic mass is 32.2. The summed E-state index contributed by atoms with van der Waals surface area (Å²) in [7, 11) is -3.78. The third-order valence-corrected chi connectivity index (χ3v) is 6.99. The highest BCUT2D eigenvalue weighted by Crippen LogP contribution is 2.33. The fourth-order valence-corrected chi connectivity index (χ4v) is 5.17. The molecule has 0 atom stereocenters. The van der Waals surface area contributed by atoms with E-state index in [1.165, 1.54) is 30.9 Å². The largest absolute Gasteiger partial charge is 0.478 e. The van der Waals surface area contributed by atoms with Gasteiger partial charge in [0.25, 0.3) is 10.0 Å². The zero-order valence-corrected chi connectivity index (χ0v) is 17.0. The Labute approximate surface area is 169 Å². The van der Waals surface area contributed by atoms with Gasteiger partial charge in [-0.2, -0.15) is 0 Å². The second-order valence-electron chi connectivity index (χ2n) is 7.56. The lowest BCUT2D eigenvalue weighted by Crippen LogP contribution is -2.13. The predicted molar refractivity (Wildman–Crippen MR) is 111 cm³/mol. The normalized spacial score (nSPS) is 15.5. The molecule has 1 fully saturated rings. The molecule has 4 rings (SSSR count). The minimum absolute atomic E-state index is 0.0397. The summed E-state index contributed by atoms with van der Waals surface area (Å²) in [5, 5.41) is 9.75. The van der Waals surface area contributed by atoms with Crippen LogP contribution in [0.5, 0.6) is 0 Å². The summed E-state index contributed by atoms with van der Waals surface area (Å²) in [6.45, 7) is 1.57. The maximum atomic E-state index is 12.8. The Kier molecular flexibility index (Phi) is 5.08. The van der Waals surface area contributed by atoms with Gasteiger partial charge in [-0.15, -0.1) is 0 Å². The molecule has 1 aliphatic rings. The molecule has 1 heterocycles. The van der Waals surface area contributed by atoms with Crippen molar-refractivity contribution in [1.29, 1.82) is 0 Å². The van der Waals surface area contributed by atoms with Gasteiger partial charge in [-0.05, 0) is 61.6 Å². The second kappa shape index (κ2) is 7.55. The molecule has 0 bridgehead atoms. The average Bonchev–Trinajstić information content (AvgIpc) is 3.03. The van der Waals surface area contributed by atoms with E-state index in [9.17, 15) is 18.3 Å². The lowest BCUT2D eigenvalue weighted by atomic mass is 9.84. The molecule has 6 nitrogen and oxygen atoms in total. The molecule has 1 saturated carbocycles. The van der Waals surface area contributed by atoms with Crippen molar-refractivity contribution < 1.29 is 22.7 Å². The molecule has 3 aromatic rings. The summed E-state index contributed by atoms with van der Waals surface area (Å²) in [5.41, 5.74) is 1.92. The van der Waals surface area contributed by atoms with Crippen LogP contribution in [0.4, 0.5) is 5.69 Å². The topological polar surface area (TPSA) is 96.6 Å². The summed E-state index contributed by atoms with van der Waals surface area (Å²) < 4.78 is 33.6. The van der Waals surface area contributed by atoms with Gasteiger partial charge >= 0.3 is 5.97 Å². The Morgan fingerprint density at radius 3 is 2.41 bits per heavy atom. The van der Waals surface area contributed by atoms with E-state index in [-0.39, 0.29) is 21.9 Å². The zero-order valence-electron chi connectivity index (χ0n) is 16.1. The minimum Gasteiger partial charge on any atom is -0.478 e. The number of furan rings is 1. The highest BCUT2D eigenvalue weighted by molar-refractivity contribution is 7.92. The smallest absolute Gasteiger partial charge is 0.339 e. The molecule has 1 aliphatic carbocycles. The molecular formula is C22H23NO5S. The van der Waals surface area contributed by atoms with Crippen LogP contribution in [-0.4, -0.2) is 19.5 Å². The van der Waals surface area contributed by atoms with E-state index in [0.717, 1.165) is 12.8 Å². The van der Waals surface area contributed by atoms with Crippen molar-refractivity contribution in [3.8, 4) is 0 Å². The first-order valence-electron chi connectivity index (χ1n) is 9.74. The molecule has 7 heteroatoms. The van der Waals surface area contributed by atoms with Crippen LogP contribution in [-0.2, 0) is 10.0 Å². The van der Waals surface area contributed by atoms with Crippen LogP contribution in [0.3, 0.4) is 0 Å². The van der Waals surface area contributed by atoms with E-state index in [2.05, 4.69) is 4.72 Å². The van der Waals surface area contributed by atoms with Crippen LogP contribution in [0.25, 0.3) is 11.0 Å². The van der Waals surface area contributed by atoms with Crippen LogP contribution in [0.15, 0.2) is 51.8 Å². The fourth-order valence-electron chi connectivity index (χ4n) is 4.12. The Morgan fingerprint density at radius 1 is 1.07 bits per heavy atom. The van der Waals surface area contributed by atoms with Crippen molar-refractivity contribution in [3.05, 3.63) is 59.4 Å². The molecule has 0 aliphatic heterocycles. The van der Waals surface area contributed by atoms with Crippen molar-refractivity contribution in [2.45, 2.75) is 49.8 Å². The Morgan fingerprint density at radius 2 is 1.76 bits per heavy atom. The maximum absolute atomic E-state index is 12.8. The molecule has 29 heavy (non-hydrogen) atoms. The number of carboxylic acids is 1. The van der Waals surface area contributed by atoms with Gasteiger partial charge in [-0.1, -0.05) is 31.4 Å². The lowest BCUT2D eigenvalue weighted by molar-refractivity contribution is 0.0697. The van der Waals surface area contributed by atoms with Gasteiger partial charge < -0.3 is 9.52 Å². The van der Waals surface area contributed by atoms with Crippen molar-refractivity contribution in [2.24, 2.45) is 0 Å². The molecular weight excluding hydrogens is 390 g/mol. The Balaban J connectivity index is 1.59. The number of fused-ring (bicyclic) bond motifs is 1. The molecule has 1 aromatic heterocycles. The number of rotatable bonds is 5. The van der Waals surface area contributed by atoms with Gasteiger partial charge in [0.1, 0.15) is 16.9 Å². The van der Waals surface area contributed by atoms with Crippen LogP contribution in [0.2, 0.25) is 0 Å². The van der Waals surface area contributed by atoms with Crippen molar-refractivity contribution in [3.63, 3.8) is 0 Å². The number of aryl methyl sites for hydroxylation is 1. The number of benzene rings is 2. The van der Waals surface area contributed by atoms with E-state index in [4.69, 9.17) is 4.42 Å². The van der Waals surface area contributed by atoms with Gasteiger partial charge in [0.2, 0.25) is 0 Å². The summed E-state index contributed by atoms with van der Waals surface area (Å²) in [5.74, 6) is -0.319. The Bertz CT molecular complexity index is 1160. The van der Waals surface area contributed by atoms with Crippen LogP contribution in [0, 0.1) is 6.92 Å². The summed E-state index contributed by atoms with van der Waals surface area (Å²) in [6.07, 6.45) is 6.03. The number of hydrogen-bond acceptors (Lipinski definition) is 4. The molecule has 2 N–H and O–H groups in total. The Hall–Kier alpha value is -2.80. The van der Waals surface area contributed by atoms with Gasteiger partial charge in [-0.3, -0.25) is 4.72 Å². The number of aromatic carboxylic acids is 1. The number of sulfonamides is 1. The van der Waals surface area contributed by atoms with Gasteiger partial charge in [0, 0.05) is 11.1 Å². The third kappa shape index (κ3) is 3.87. The fraction of sp³-hybridized carbons (Fsp3) is 0.318. The molecule has 0 radical (unpaired) electrons. The standard InChI is InChI=1S/C22H23NO5S/c1-14-21(22(24)25)19-13-17(9-12-20(19)28-14)23-29(26,27)18-10-7-16(8-11-18)15-5-3-2-4-6-15/h7-13,15,23H,2-6H2,1H3,(H,24,25). The van der Waals surface area contributed by atoms with E-state index >= 15 is 0 Å². The number of nitrogens with one attached hydrogen (secondary N) is 1. The second-order valence-corrected chi connectivity index (χ2v) is 9.24. The highest BCUT2D eigenvalue weighted by Gasteiger charge is 2.21. The van der Waals surface area contributed by atoms with Crippen molar-refractivity contribution in [2.75, 3.05) is 4.72 Å². The molecule has 152 valence electrons. The molecule has 0 spiro atoms. The van der Waals surface area contributed by atoms with E-state index in [0.29, 0.717) is 16.9 Å². The average molecular weight is 413 g/mol. The molecule has 0 unspecified atom stereocenters. The van der Waals surface area contributed by atoms with Crippen LogP contribution < -0.4 is 4.72 Å². The molecule has 0 amide bonds. The number of anilines is 1. The summed E-state index contributed by atoms with van der Waals surface area (Å²) in [4.78, 5) is 11.7. The van der Waals surface area contributed by atoms with Gasteiger partial charge in [-0.25, -0.2) is 13.2 Å². The SMILES string of the molecule is Cc1oc2ccc(NS(=O)(=O)c3ccc(C4CCCCC4)cc3)cc2c1C(=O)O. The summed E-state index contributed by atoms with van der Waals surface area (Å²) >= 11 is 0. The van der Waals surface area contributed by atoms with Gasteiger partial charge in [0.05, 0.1) is 4.90 Å². The van der Waals surface area contributed by atoms with Crippen LogP contribution >= 0.6 is 0 Å². The monoisotopic (exact) mass is 413 g/mol. The number of hydrogen-bond donors (Lipinski definition) is 2. The quantitative estimate of drug-likeness (QED) is 0.592. The minimum atomic E-state index is -3.78. The van der Waals surface area contributed by atoms with Crippen molar-refractivity contribution >= 4 is 32.6 Å². The van der Waals surface area contributed by atoms with Crippen LogP contribution in [0.1, 0.15) is 59.7 Å². The van der Waals surface area contributed by atoms with E-state index in [1.807, 2.05) is 12.1 Å². The zero-order chi connectivity index (χ0) is 20.6. The molecule has 0 saturated heterocycles. The van der Waals surface area contributed by atoms with Crippen molar-refractivity contribution in [1.82, 2.24) is 0 Å². The number of carbonyl (C=O) groups is 1. The van der Waals surface area contributed by atoms with E-state index in [1.54, 1.807) is 31.2 Å². The van der Waals surface area contributed by atoms with E-state index < -0.39 is 16.0 Å². The third-order valence-electron chi connectivity index (χ3n) is 5.60. The lowest BCUT2D eigenvalue weighted by Gasteiger charge is -2.22. The first kappa shape index (κ1) is 19.5. The van der Waals surface area contributed by atoms with Gasteiger partial charge in [0.15, 0.2) is 0 Å².